The Morgan fingerprint density at radius 3 is 2.48 bits per heavy atom. The molecule has 27 heavy (non-hydrogen) atoms. The summed E-state index contributed by atoms with van der Waals surface area (Å²) in [4.78, 5) is 12.8. The summed E-state index contributed by atoms with van der Waals surface area (Å²) in [6.45, 7) is 7.58. The van der Waals surface area contributed by atoms with Crippen molar-refractivity contribution in [1.82, 2.24) is 9.78 Å². The first-order valence-electron chi connectivity index (χ1n) is 8.76. The predicted molar refractivity (Wildman–Crippen MR) is 108 cm³/mol. The minimum Gasteiger partial charge on any atom is -0.489 e. The lowest BCUT2D eigenvalue weighted by atomic mass is 10.1. The predicted octanol–water partition coefficient (Wildman–Crippen LogP) is 5.18. The van der Waals surface area contributed by atoms with Crippen LogP contribution >= 0.6 is 11.6 Å². The van der Waals surface area contributed by atoms with Gasteiger partial charge in [0.15, 0.2) is 0 Å². The molecule has 6 heteroatoms. The summed E-state index contributed by atoms with van der Waals surface area (Å²) in [5.74, 6) is 0.370. The summed E-state index contributed by atoms with van der Waals surface area (Å²) in [5, 5.41) is 7.86. The molecule has 1 amide bonds. The van der Waals surface area contributed by atoms with E-state index in [2.05, 4.69) is 10.4 Å². The highest BCUT2D eigenvalue weighted by molar-refractivity contribution is 6.32. The molecule has 0 unspecified atom stereocenters. The topological polar surface area (TPSA) is 56.2 Å². The average Bonchev–Trinajstić information content (AvgIpc) is 2.92. The number of carbonyl (C=O) groups is 1. The van der Waals surface area contributed by atoms with E-state index in [9.17, 15) is 4.79 Å². The van der Waals surface area contributed by atoms with E-state index in [1.54, 1.807) is 22.9 Å². The molecule has 0 saturated heterocycles. The fourth-order valence-corrected chi connectivity index (χ4v) is 3.14. The first kappa shape index (κ1) is 19.0. The van der Waals surface area contributed by atoms with Crippen LogP contribution in [0.15, 0.2) is 48.5 Å². The van der Waals surface area contributed by atoms with Crippen molar-refractivity contribution in [3.63, 3.8) is 0 Å². The minimum atomic E-state index is -0.222. The van der Waals surface area contributed by atoms with Gasteiger partial charge in [-0.05, 0) is 58.0 Å². The smallest absolute Gasteiger partial charge is 0.259 e. The maximum atomic E-state index is 12.8. The average molecular weight is 384 g/mol. The fourth-order valence-electron chi connectivity index (χ4n) is 2.91. The molecule has 0 spiro atoms. The van der Waals surface area contributed by atoms with Crippen LogP contribution in [0.5, 0.6) is 5.75 Å². The quantitative estimate of drug-likeness (QED) is 0.660. The number of aromatic nitrogens is 2. The molecule has 0 radical (unpaired) electrons. The molecule has 140 valence electrons. The van der Waals surface area contributed by atoms with Crippen LogP contribution in [0.25, 0.3) is 5.69 Å². The van der Waals surface area contributed by atoms with E-state index < -0.39 is 0 Å². The molecular formula is C21H22ClN3O2. The molecule has 5 nitrogen and oxygen atoms in total. The Kier molecular flexibility index (Phi) is 5.51. The van der Waals surface area contributed by atoms with Gasteiger partial charge in [0.05, 0.1) is 33.8 Å². The van der Waals surface area contributed by atoms with Crippen LogP contribution in [-0.4, -0.2) is 21.8 Å². The SMILES string of the molecule is Cc1nn(-c2ccccc2)c(C)c1C(=O)Nc1ccc(OC(C)C)c(Cl)c1. The summed E-state index contributed by atoms with van der Waals surface area (Å²) in [5.41, 5.74) is 3.52. The Morgan fingerprint density at radius 1 is 1.15 bits per heavy atom. The highest BCUT2D eigenvalue weighted by atomic mass is 35.5. The summed E-state index contributed by atoms with van der Waals surface area (Å²) >= 11 is 6.26. The van der Waals surface area contributed by atoms with Gasteiger partial charge in [-0.15, -0.1) is 0 Å². The van der Waals surface area contributed by atoms with E-state index in [0.717, 1.165) is 11.4 Å². The standard InChI is InChI=1S/C21H22ClN3O2/c1-13(2)27-19-11-10-16(12-18(19)22)23-21(26)20-14(3)24-25(15(20)4)17-8-6-5-7-9-17/h5-13H,1-4H3,(H,23,26). The van der Waals surface area contributed by atoms with Crippen molar-refractivity contribution < 1.29 is 9.53 Å². The molecule has 1 N–H and O–H groups in total. The number of halogens is 1. The van der Waals surface area contributed by atoms with Crippen molar-refractivity contribution in [2.45, 2.75) is 33.8 Å². The molecule has 0 aliphatic heterocycles. The molecule has 0 fully saturated rings. The second-order valence-electron chi connectivity index (χ2n) is 6.56. The van der Waals surface area contributed by atoms with Gasteiger partial charge >= 0.3 is 0 Å². The number of aryl methyl sites for hydroxylation is 1. The Hall–Kier alpha value is -2.79. The maximum absolute atomic E-state index is 12.8. The third-order valence-corrected chi connectivity index (χ3v) is 4.37. The van der Waals surface area contributed by atoms with E-state index in [1.165, 1.54) is 0 Å². The van der Waals surface area contributed by atoms with E-state index in [1.807, 2.05) is 58.0 Å². The fraction of sp³-hybridized carbons (Fsp3) is 0.238. The molecule has 3 rings (SSSR count). The third kappa shape index (κ3) is 4.14. The van der Waals surface area contributed by atoms with Gasteiger partial charge < -0.3 is 10.1 Å². The number of para-hydroxylation sites is 1. The first-order valence-corrected chi connectivity index (χ1v) is 9.14. The van der Waals surface area contributed by atoms with Gasteiger partial charge in [-0.25, -0.2) is 4.68 Å². The van der Waals surface area contributed by atoms with Crippen LogP contribution in [-0.2, 0) is 0 Å². The van der Waals surface area contributed by atoms with Gasteiger partial charge in [0.1, 0.15) is 5.75 Å². The molecule has 3 aromatic rings. The number of carbonyl (C=O) groups excluding carboxylic acids is 1. The number of hydrogen-bond acceptors (Lipinski definition) is 3. The van der Waals surface area contributed by atoms with Gasteiger partial charge in [-0.2, -0.15) is 5.10 Å². The van der Waals surface area contributed by atoms with Gasteiger partial charge in [-0.1, -0.05) is 29.8 Å². The number of anilines is 1. The Balaban J connectivity index is 1.85. The van der Waals surface area contributed by atoms with Crippen molar-refractivity contribution in [2.75, 3.05) is 5.32 Å². The van der Waals surface area contributed by atoms with Gasteiger partial charge in [0.25, 0.3) is 5.91 Å². The number of hydrogen-bond donors (Lipinski definition) is 1. The highest BCUT2D eigenvalue weighted by Gasteiger charge is 2.20. The van der Waals surface area contributed by atoms with Crippen molar-refractivity contribution in [2.24, 2.45) is 0 Å². The molecule has 1 heterocycles. The zero-order valence-electron chi connectivity index (χ0n) is 15.8. The van der Waals surface area contributed by atoms with Crippen LogP contribution in [0.4, 0.5) is 5.69 Å². The lowest BCUT2D eigenvalue weighted by molar-refractivity contribution is 0.102. The largest absolute Gasteiger partial charge is 0.489 e. The Labute approximate surface area is 163 Å². The minimum absolute atomic E-state index is 0.0251. The van der Waals surface area contributed by atoms with Gasteiger partial charge in [0, 0.05) is 5.69 Å². The van der Waals surface area contributed by atoms with Crippen molar-refractivity contribution in [3.8, 4) is 11.4 Å². The summed E-state index contributed by atoms with van der Waals surface area (Å²) in [7, 11) is 0. The molecular weight excluding hydrogens is 362 g/mol. The van der Waals surface area contributed by atoms with Gasteiger partial charge in [0.2, 0.25) is 0 Å². The molecule has 0 aliphatic rings. The number of rotatable bonds is 5. The molecule has 0 aliphatic carbocycles. The van der Waals surface area contributed by atoms with E-state index in [4.69, 9.17) is 16.3 Å². The lowest BCUT2D eigenvalue weighted by Gasteiger charge is -2.13. The lowest BCUT2D eigenvalue weighted by Crippen LogP contribution is -2.14. The second kappa shape index (κ2) is 7.84. The molecule has 2 aromatic carbocycles. The van der Waals surface area contributed by atoms with E-state index >= 15 is 0 Å². The van der Waals surface area contributed by atoms with Crippen LogP contribution in [0.2, 0.25) is 5.02 Å². The van der Waals surface area contributed by atoms with E-state index in [0.29, 0.717) is 27.7 Å². The van der Waals surface area contributed by atoms with Crippen LogP contribution < -0.4 is 10.1 Å². The summed E-state index contributed by atoms with van der Waals surface area (Å²) in [6, 6.07) is 14.9. The second-order valence-corrected chi connectivity index (χ2v) is 6.97. The number of amides is 1. The number of benzene rings is 2. The number of ether oxygens (including phenoxy) is 1. The normalized spacial score (nSPS) is 10.9. The maximum Gasteiger partial charge on any atom is 0.259 e. The third-order valence-electron chi connectivity index (χ3n) is 4.07. The van der Waals surface area contributed by atoms with Crippen LogP contribution in [0.1, 0.15) is 35.6 Å². The highest BCUT2D eigenvalue weighted by Crippen LogP contribution is 2.29. The van der Waals surface area contributed by atoms with Crippen molar-refractivity contribution in [3.05, 3.63) is 70.5 Å². The molecule has 0 bridgehead atoms. The van der Waals surface area contributed by atoms with Crippen molar-refractivity contribution in [1.29, 1.82) is 0 Å². The van der Waals surface area contributed by atoms with E-state index in [-0.39, 0.29) is 12.0 Å². The Bertz CT molecular complexity index is 965. The van der Waals surface area contributed by atoms with Crippen LogP contribution in [0.3, 0.4) is 0 Å². The molecule has 0 saturated carbocycles. The number of nitrogens with one attached hydrogen (secondary N) is 1. The van der Waals surface area contributed by atoms with Gasteiger partial charge in [-0.3, -0.25) is 4.79 Å². The van der Waals surface area contributed by atoms with Crippen molar-refractivity contribution >= 4 is 23.2 Å². The zero-order valence-corrected chi connectivity index (χ0v) is 16.5. The monoisotopic (exact) mass is 383 g/mol. The zero-order chi connectivity index (χ0) is 19.6. The summed E-state index contributed by atoms with van der Waals surface area (Å²) in [6.07, 6.45) is 0.0251. The van der Waals surface area contributed by atoms with Crippen LogP contribution in [0, 0.1) is 13.8 Å². The molecule has 1 aromatic heterocycles. The number of nitrogens with zero attached hydrogens (tertiary/aromatic N) is 2. The first-order chi connectivity index (χ1) is 12.9. The summed E-state index contributed by atoms with van der Waals surface area (Å²) < 4.78 is 7.40. The molecule has 0 atom stereocenters. The Morgan fingerprint density at radius 2 is 1.85 bits per heavy atom.